The molecule has 1 aromatic rings. The van der Waals surface area contributed by atoms with E-state index in [1.807, 2.05) is 6.92 Å². The third kappa shape index (κ3) is 4.44. The van der Waals surface area contributed by atoms with E-state index >= 15 is 0 Å². The third-order valence-electron chi connectivity index (χ3n) is 3.56. The van der Waals surface area contributed by atoms with E-state index in [2.05, 4.69) is 45.9 Å². The zero-order valence-electron chi connectivity index (χ0n) is 13.6. The molecule has 1 N–H and O–H groups in total. The van der Waals surface area contributed by atoms with Crippen molar-refractivity contribution in [3.05, 3.63) is 0 Å². The van der Waals surface area contributed by atoms with Gasteiger partial charge in [0.05, 0.1) is 6.61 Å². The van der Waals surface area contributed by atoms with Crippen LogP contribution < -0.4 is 15.0 Å². The molecule has 0 aromatic carbocycles. The Morgan fingerprint density at radius 3 is 2.48 bits per heavy atom. The number of rotatable bonds is 6. The molecule has 0 radical (unpaired) electrons. The van der Waals surface area contributed by atoms with Gasteiger partial charge in [-0.3, -0.25) is 0 Å². The van der Waals surface area contributed by atoms with Gasteiger partial charge in [0, 0.05) is 19.6 Å². The minimum atomic E-state index is 0.409. The smallest absolute Gasteiger partial charge is 0.323 e. The highest BCUT2D eigenvalue weighted by atomic mass is 16.5. The van der Waals surface area contributed by atoms with Crippen molar-refractivity contribution in [2.24, 2.45) is 11.8 Å². The summed E-state index contributed by atoms with van der Waals surface area (Å²) in [5.74, 6) is 2.66. The van der Waals surface area contributed by atoms with Gasteiger partial charge < -0.3 is 15.0 Å². The highest BCUT2D eigenvalue weighted by molar-refractivity contribution is 5.39. The highest BCUT2D eigenvalue weighted by Crippen LogP contribution is 2.25. The second kappa shape index (κ2) is 7.43. The first kappa shape index (κ1) is 15.8. The standard InChI is InChI=1S/C15H27N5O/c1-5-7-16-13-17-14(19-15(18-13)21-6-2)20-9-11(3)8-12(4)10-20/h11-12H,5-10H2,1-4H3,(H,16,17,18,19). The largest absolute Gasteiger partial charge is 0.464 e. The number of nitrogens with zero attached hydrogens (tertiary/aromatic N) is 4. The average molecular weight is 293 g/mol. The molecule has 21 heavy (non-hydrogen) atoms. The van der Waals surface area contributed by atoms with Gasteiger partial charge in [-0.25, -0.2) is 0 Å². The molecule has 0 aliphatic carbocycles. The lowest BCUT2D eigenvalue weighted by molar-refractivity contribution is 0.309. The minimum Gasteiger partial charge on any atom is -0.464 e. The van der Waals surface area contributed by atoms with E-state index in [-0.39, 0.29) is 0 Å². The van der Waals surface area contributed by atoms with Crippen LogP contribution in [-0.2, 0) is 0 Å². The van der Waals surface area contributed by atoms with Crippen LogP contribution in [0, 0.1) is 11.8 Å². The molecule has 2 rings (SSSR count). The Labute approximate surface area is 127 Å². The van der Waals surface area contributed by atoms with Gasteiger partial charge in [0.1, 0.15) is 0 Å². The summed E-state index contributed by atoms with van der Waals surface area (Å²) in [6.07, 6.45) is 2.30. The lowest BCUT2D eigenvalue weighted by Gasteiger charge is -2.35. The van der Waals surface area contributed by atoms with Crippen molar-refractivity contribution in [2.45, 2.75) is 40.5 Å². The molecule has 2 unspecified atom stereocenters. The zero-order chi connectivity index (χ0) is 15.2. The SMILES string of the molecule is CCCNc1nc(OCC)nc(N2CC(C)CC(C)C2)n1. The molecule has 2 atom stereocenters. The first-order valence-electron chi connectivity index (χ1n) is 8.00. The van der Waals surface area contributed by atoms with Crippen LogP contribution in [0.2, 0.25) is 0 Å². The Morgan fingerprint density at radius 2 is 1.86 bits per heavy atom. The van der Waals surface area contributed by atoms with Crippen LogP contribution in [0.1, 0.15) is 40.5 Å². The van der Waals surface area contributed by atoms with Crippen LogP contribution in [-0.4, -0.2) is 41.2 Å². The van der Waals surface area contributed by atoms with E-state index in [1.165, 1.54) is 6.42 Å². The molecule has 6 nitrogen and oxygen atoms in total. The van der Waals surface area contributed by atoms with Crippen LogP contribution in [0.4, 0.5) is 11.9 Å². The molecule has 1 fully saturated rings. The van der Waals surface area contributed by atoms with Gasteiger partial charge in [-0.15, -0.1) is 0 Å². The summed E-state index contributed by atoms with van der Waals surface area (Å²) in [4.78, 5) is 15.6. The van der Waals surface area contributed by atoms with Crippen molar-refractivity contribution >= 4 is 11.9 Å². The monoisotopic (exact) mass is 293 g/mol. The van der Waals surface area contributed by atoms with Crippen LogP contribution in [0.15, 0.2) is 0 Å². The van der Waals surface area contributed by atoms with Gasteiger partial charge in [-0.2, -0.15) is 15.0 Å². The van der Waals surface area contributed by atoms with E-state index in [1.54, 1.807) is 0 Å². The molecule has 1 aromatic heterocycles. The number of hydrogen-bond donors (Lipinski definition) is 1. The molecule has 118 valence electrons. The number of ether oxygens (including phenoxy) is 1. The number of aromatic nitrogens is 3. The molecule has 0 amide bonds. The molecule has 0 bridgehead atoms. The Morgan fingerprint density at radius 1 is 1.14 bits per heavy atom. The summed E-state index contributed by atoms with van der Waals surface area (Å²) in [5, 5.41) is 3.23. The number of hydrogen-bond acceptors (Lipinski definition) is 6. The van der Waals surface area contributed by atoms with Gasteiger partial charge in [0.25, 0.3) is 0 Å². The molecule has 0 saturated carbocycles. The Bertz CT molecular complexity index is 444. The summed E-state index contributed by atoms with van der Waals surface area (Å²) < 4.78 is 5.48. The van der Waals surface area contributed by atoms with E-state index in [9.17, 15) is 0 Å². The van der Waals surface area contributed by atoms with Crippen LogP contribution in [0.3, 0.4) is 0 Å². The van der Waals surface area contributed by atoms with Gasteiger partial charge in [0.15, 0.2) is 0 Å². The molecule has 2 heterocycles. The minimum absolute atomic E-state index is 0.409. The lowest BCUT2D eigenvalue weighted by atomic mass is 9.92. The Balaban J connectivity index is 2.21. The van der Waals surface area contributed by atoms with Crippen molar-refractivity contribution in [2.75, 3.05) is 36.5 Å². The summed E-state index contributed by atoms with van der Waals surface area (Å²) in [6, 6.07) is 0.409. The maximum absolute atomic E-state index is 5.48. The fraction of sp³-hybridized carbons (Fsp3) is 0.800. The first-order chi connectivity index (χ1) is 10.1. The number of piperidine rings is 1. The second-order valence-corrected chi connectivity index (χ2v) is 5.95. The topological polar surface area (TPSA) is 63.2 Å². The first-order valence-corrected chi connectivity index (χ1v) is 8.00. The van der Waals surface area contributed by atoms with Crippen LogP contribution >= 0.6 is 0 Å². The van der Waals surface area contributed by atoms with Gasteiger partial charge >= 0.3 is 6.01 Å². The molecule has 6 heteroatoms. The second-order valence-electron chi connectivity index (χ2n) is 5.95. The van der Waals surface area contributed by atoms with Gasteiger partial charge in [0.2, 0.25) is 11.9 Å². The molecule has 1 aliphatic rings. The van der Waals surface area contributed by atoms with Crippen molar-refractivity contribution in [3.63, 3.8) is 0 Å². The number of nitrogens with one attached hydrogen (secondary N) is 1. The molecular weight excluding hydrogens is 266 g/mol. The predicted molar refractivity (Wildman–Crippen MR) is 84.9 cm³/mol. The van der Waals surface area contributed by atoms with Gasteiger partial charge in [-0.05, 0) is 31.6 Å². The summed E-state index contributed by atoms with van der Waals surface area (Å²) in [6.45, 7) is 12.0. The average Bonchev–Trinajstić information content (AvgIpc) is 2.44. The fourth-order valence-electron chi connectivity index (χ4n) is 2.82. The van der Waals surface area contributed by atoms with Gasteiger partial charge in [-0.1, -0.05) is 20.8 Å². The zero-order valence-corrected chi connectivity index (χ0v) is 13.6. The summed E-state index contributed by atoms with van der Waals surface area (Å²) in [5.41, 5.74) is 0. The van der Waals surface area contributed by atoms with Crippen LogP contribution in [0.5, 0.6) is 6.01 Å². The van der Waals surface area contributed by atoms with Crippen LogP contribution in [0.25, 0.3) is 0 Å². The van der Waals surface area contributed by atoms with Crippen molar-refractivity contribution in [1.29, 1.82) is 0 Å². The van der Waals surface area contributed by atoms with E-state index in [0.717, 1.165) is 32.0 Å². The van der Waals surface area contributed by atoms with Crippen molar-refractivity contribution < 1.29 is 4.74 Å². The number of anilines is 2. The summed E-state index contributed by atoms with van der Waals surface area (Å²) >= 11 is 0. The van der Waals surface area contributed by atoms with E-state index < -0.39 is 0 Å². The molecule has 1 aliphatic heterocycles. The molecular formula is C15H27N5O. The lowest BCUT2D eigenvalue weighted by Crippen LogP contribution is -2.39. The maximum Gasteiger partial charge on any atom is 0.323 e. The predicted octanol–water partition coefficient (Wildman–Crippen LogP) is 2.57. The van der Waals surface area contributed by atoms with Crippen molar-refractivity contribution in [1.82, 2.24) is 15.0 Å². The third-order valence-corrected chi connectivity index (χ3v) is 3.56. The molecule has 0 spiro atoms. The van der Waals surface area contributed by atoms with E-state index in [0.29, 0.717) is 30.4 Å². The highest BCUT2D eigenvalue weighted by Gasteiger charge is 2.24. The van der Waals surface area contributed by atoms with E-state index in [4.69, 9.17) is 4.74 Å². The summed E-state index contributed by atoms with van der Waals surface area (Å²) in [7, 11) is 0. The molecule has 1 saturated heterocycles. The maximum atomic E-state index is 5.48. The van der Waals surface area contributed by atoms with Crippen molar-refractivity contribution in [3.8, 4) is 6.01 Å². The normalized spacial score (nSPS) is 22.2. The Hall–Kier alpha value is -1.59. The quantitative estimate of drug-likeness (QED) is 0.869. The Kier molecular flexibility index (Phi) is 5.59. The fourth-order valence-corrected chi connectivity index (χ4v) is 2.82.